The topological polar surface area (TPSA) is 65.8 Å². The number of nitrogens with zero attached hydrogens (tertiary/aromatic N) is 2. The molecule has 0 atom stereocenters. The third-order valence-electron chi connectivity index (χ3n) is 5.51. The summed E-state index contributed by atoms with van der Waals surface area (Å²) in [5.74, 6) is 0.441. The highest BCUT2D eigenvalue weighted by Gasteiger charge is 2.20. The van der Waals surface area contributed by atoms with Crippen molar-refractivity contribution in [1.29, 1.82) is 0 Å². The van der Waals surface area contributed by atoms with E-state index in [2.05, 4.69) is 48.5 Å². The fourth-order valence-electron chi connectivity index (χ4n) is 3.94. The molecule has 2 heterocycles. The number of hydrogen-bond acceptors (Lipinski definition) is 5. The predicted molar refractivity (Wildman–Crippen MR) is 116 cm³/mol. The lowest BCUT2D eigenvalue weighted by molar-refractivity contribution is -0.122. The molecule has 0 saturated carbocycles. The van der Waals surface area contributed by atoms with Gasteiger partial charge in [-0.25, -0.2) is 4.79 Å². The van der Waals surface area contributed by atoms with Crippen molar-refractivity contribution in [2.75, 3.05) is 39.3 Å². The van der Waals surface area contributed by atoms with Crippen LogP contribution in [-0.4, -0.2) is 55.0 Å². The highest BCUT2D eigenvalue weighted by atomic mass is 16.4. The van der Waals surface area contributed by atoms with Crippen molar-refractivity contribution in [3.63, 3.8) is 0 Å². The molecule has 6 heteroatoms. The van der Waals surface area contributed by atoms with E-state index in [4.69, 9.17) is 4.42 Å². The van der Waals surface area contributed by atoms with Crippen LogP contribution in [0, 0.1) is 6.92 Å². The van der Waals surface area contributed by atoms with Crippen molar-refractivity contribution in [2.24, 2.45) is 0 Å². The molecular weight excluding hydrogens is 366 g/mol. The van der Waals surface area contributed by atoms with Crippen LogP contribution in [0.25, 0.3) is 11.0 Å². The highest BCUT2D eigenvalue weighted by Crippen LogP contribution is 2.27. The van der Waals surface area contributed by atoms with Gasteiger partial charge in [0.2, 0.25) is 5.91 Å². The van der Waals surface area contributed by atoms with Crippen LogP contribution in [0.5, 0.6) is 0 Å². The summed E-state index contributed by atoms with van der Waals surface area (Å²) in [4.78, 5) is 28.5. The highest BCUT2D eigenvalue weighted by molar-refractivity contribution is 5.82. The predicted octanol–water partition coefficient (Wildman–Crippen LogP) is 2.64. The number of hydrogen-bond donors (Lipinski definition) is 1. The summed E-state index contributed by atoms with van der Waals surface area (Å²) in [5, 5.41) is 3.84. The number of rotatable bonds is 7. The third kappa shape index (κ3) is 5.34. The largest absolute Gasteiger partial charge is 0.423 e. The molecule has 6 nitrogen and oxygen atoms in total. The van der Waals surface area contributed by atoms with Crippen molar-refractivity contribution in [1.82, 2.24) is 15.1 Å². The Labute approximate surface area is 172 Å². The summed E-state index contributed by atoms with van der Waals surface area (Å²) in [6.45, 7) is 15.0. The summed E-state index contributed by atoms with van der Waals surface area (Å²) >= 11 is 0. The zero-order chi connectivity index (χ0) is 21.0. The minimum absolute atomic E-state index is 0.0293. The molecule has 1 N–H and O–H groups in total. The smallest absolute Gasteiger partial charge is 0.336 e. The minimum atomic E-state index is -0.304. The number of carbonyl (C=O) groups excluding carboxylic acids is 1. The summed E-state index contributed by atoms with van der Waals surface area (Å²) in [6.07, 6.45) is 1.68. The molecule has 0 radical (unpaired) electrons. The lowest BCUT2D eigenvalue weighted by Crippen LogP contribution is -2.49. The zero-order valence-electron chi connectivity index (χ0n) is 17.7. The van der Waals surface area contributed by atoms with Crippen molar-refractivity contribution < 1.29 is 9.21 Å². The molecule has 1 aliphatic rings. The average Bonchev–Trinajstić information content (AvgIpc) is 2.67. The standard InChI is InChI=1S/C23H31N3O3/c1-5-6-24-22(27)15-26-9-7-25(8-10-26)14-18-12-23(28)29-21-11-17(4)19(16(2)3)13-20(18)21/h5,11-13,16H,1,6-10,14-15H2,2-4H3,(H,24,27). The molecule has 0 spiro atoms. The lowest BCUT2D eigenvalue weighted by atomic mass is 9.95. The summed E-state index contributed by atoms with van der Waals surface area (Å²) in [5.41, 5.74) is 3.79. The Morgan fingerprint density at radius 2 is 1.90 bits per heavy atom. The molecule has 0 aliphatic carbocycles. The zero-order valence-corrected chi connectivity index (χ0v) is 17.7. The number of amides is 1. The fraction of sp³-hybridized carbons (Fsp3) is 0.478. The first-order chi connectivity index (χ1) is 13.9. The van der Waals surface area contributed by atoms with Gasteiger partial charge in [0.25, 0.3) is 0 Å². The van der Waals surface area contributed by atoms with Gasteiger partial charge in [0.15, 0.2) is 0 Å². The second kappa shape index (κ2) is 9.37. The van der Waals surface area contributed by atoms with Crippen molar-refractivity contribution >= 4 is 16.9 Å². The Bertz CT molecular complexity index is 940. The maximum Gasteiger partial charge on any atom is 0.336 e. The van der Waals surface area contributed by atoms with Crippen LogP contribution in [0.4, 0.5) is 0 Å². The number of nitrogens with one attached hydrogen (secondary N) is 1. The maximum atomic E-state index is 12.1. The van der Waals surface area contributed by atoms with Crippen LogP contribution in [-0.2, 0) is 11.3 Å². The second-order valence-corrected chi connectivity index (χ2v) is 8.10. The fourth-order valence-corrected chi connectivity index (χ4v) is 3.94. The molecule has 1 aromatic carbocycles. The van der Waals surface area contributed by atoms with E-state index in [1.165, 1.54) is 5.56 Å². The molecule has 1 aromatic heterocycles. The monoisotopic (exact) mass is 397 g/mol. The Morgan fingerprint density at radius 1 is 1.21 bits per heavy atom. The number of fused-ring (bicyclic) bond motifs is 1. The summed E-state index contributed by atoms with van der Waals surface area (Å²) in [7, 11) is 0. The first-order valence-electron chi connectivity index (χ1n) is 10.3. The minimum Gasteiger partial charge on any atom is -0.423 e. The molecular formula is C23H31N3O3. The van der Waals surface area contributed by atoms with Gasteiger partial charge in [-0.3, -0.25) is 14.6 Å². The number of aryl methyl sites for hydroxylation is 1. The molecule has 1 saturated heterocycles. The van der Waals surface area contributed by atoms with Gasteiger partial charge in [0.05, 0.1) is 6.54 Å². The van der Waals surface area contributed by atoms with E-state index < -0.39 is 0 Å². The molecule has 1 aliphatic heterocycles. The Morgan fingerprint density at radius 3 is 2.55 bits per heavy atom. The van der Waals surface area contributed by atoms with Crippen LogP contribution in [0.2, 0.25) is 0 Å². The first kappa shape index (κ1) is 21.3. The van der Waals surface area contributed by atoms with Crippen LogP contribution < -0.4 is 10.9 Å². The van der Waals surface area contributed by atoms with Gasteiger partial charge < -0.3 is 9.73 Å². The molecule has 1 amide bonds. The Kier molecular flexibility index (Phi) is 6.87. The Balaban J connectivity index is 1.71. The van der Waals surface area contributed by atoms with Gasteiger partial charge in [0.1, 0.15) is 5.58 Å². The van der Waals surface area contributed by atoms with Crippen molar-refractivity contribution in [3.8, 4) is 0 Å². The van der Waals surface area contributed by atoms with E-state index in [0.29, 0.717) is 31.1 Å². The quantitative estimate of drug-likeness (QED) is 0.575. The van der Waals surface area contributed by atoms with Crippen molar-refractivity contribution in [2.45, 2.75) is 33.2 Å². The van der Waals surface area contributed by atoms with E-state index in [1.807, 2.05) is 6.07 Å². The molecule has 2 aromatic rings. The SMILES string of the molecule is C=CCNC(=O)CN1CCN(Cc2cc(=O)oc3cc(C)c(C(C)C)cc23)CC1. The third-order valence-corrected chi connectivity index (χ3v) is 5.51. The van der Waals surface area contributed by atoms with Gasteiger partial charge in [-0.2, -0.15) is 0 Å². The maximum absolute atomic E-state index is 12.1. The van der Waals surface area contributed by atoms with Crippen LogP contribution in [0.3, 0.4) is 0 Å². The van der Waals surface area contributed by atoms with E-state index in [1.54, 1.807) is 12.1 Å². The van der Waals surface area contributed by atoms with Gasteiger partial charge in [-0.1, -0.05) is 19.9 Å². The lowest BCUT2D eigenvalue weighted by Gasteiger charge is -2.34. The van der Waals surface area contributed by atoms with Crippen LogP contribution in [0.15, 0.2) is 40.1 Å². The average molecular weight is 398 g/mol. The molecule has 156 valence electrons. The number of piperazine rings is 1. The van der Waals surface area contributed by atoms with Crippen LogP contribution >= 0.6 is 0 Å². The summed E-state index contributed by atoms with van der Waals surface area (Å²) in [6, 6.07) is 5.78. The Hall–Kier alpha value is -2.44. The molecule has 0 bridgehead atoms. The summed E-state index contributed by atoms with van der Waals surface area (Å²) < 4.78 is 5.47. The van der Waals surface area contributed by atoms with Crippen molar-refractivity contribution in [3.05, 3.63) is 58.0 Å². The molecule has 0 unspecified atom stereocenters. The first-order valence-corrected chi connectivity index (χ1v) is 10.3. The van der Waals surface area contributed by atoms with Crippen LogP contribution in [0.1, 0.15) is 36.5 Å². The number of carbonyl (C=O) groups is 1. The van der Waals surface area contributed by atoms with E-state index in [-0.39, 0.29) is 11.5 Å². The van der Waals surface area contributed by atoms with Gasteiger partial charge in [-0.15, -0.1) is 6.58 Å². The van der Waals surface area contributed by atoms with E-state index in [9.17, 15) is 9.59 Å². The molecule has 3 rings (SSSR count). The normalized spacial score (nSPS) is 15.7. The van der Waals surface area contributed by atoms with E-state index in [0.717, 1.165) is 42.7 Å². The molecule has 29 heavy (non-hydrogen) atoms. The van der Waals surface area contributed by atoms with Gasteiger partial charge in [-0.05, 0) is 41.7 Å². The van der Waals surface area contributed by atoms with Gasteiger partial charge in [0, 0.05) is 50.7 Å². The second-order valence-electron chi connectivity index (χ2n) is 8.10. The number of benzene rings is 1. The van der Waals surface area contributed by atoms with E-state index >= 15 is 0 Å². The van der Waals surface area contributed by atoms with Gasteiger partial charge >= 0.3 is 5.63 Å². The molecule has 1 fully saturated rings.